The lowest BCUT2D eigenvalue weighted by atomic mass is 10.0. The average Bonchev–Trinajstić information content (AvgIpc) is 3.30. The van der Waals surface area contributed by atoms with Gasteiger partial charge in [-0.25, -0.2) is 9.67 Å². The van der Waals surface area contributed by atoms with E-state index in [1.54, 1.807) is 0 Å². The monoisotopic (exact) mass is 509 g/mol. The van der Waals surface area contributed by atoms with Crippen molar-refractivity contribution in [2.75, 3.05) is 6.61 Å². The standard InChI is InChI=1S/C27H26F3N3O2Si/c1-36(2)15-14-34-18-33-26(27(28,29)30)31-25(32-33)23-13-10-21(16-24(23)36)20-8-11-22(12-9-20)35-17-19-6-4-3-5-7-19/h3-13,16H,14-15,17-18H2,1-2H3. The molecule has 3 aromatic carbocycles. The molecule has 0 aliphatic carbocycles. The molecule has 0 spiro atoms. The van der Waals surface area contributed by atoms with E-state index in [9.17, 15) is 13.2 Å². The number of hydrogen-bond donors (Lipinski definition) is 0. The number of halogens is 3. The van der Waals surface area contributed by atoms with E-state index in [0.29, 0.717) is 18.8 Å². The first-order valence-corrected chi connectivity index (χ1v) is 14.9. The van der Waals surface area contributed by atoms with Crippen molar-refractivity contribution in [3.05, 3.63) is 84.2 Å². The Kier molecular flexibility index (Phi) is 6.44. The van der Waals surface area contributed by atoms with Gasteiger partial charge in [0.05, 0.1) is 8.07 Å². The van der Waals surface area contributed by atoms with E-state index in [-0.39, 0.29) is 12.6 Å². The number of aromatic nitrogens is 3. The summed E-state index contributed by atoms with van der Waals surface area (Å²) in [6.07, 6.45) is -4.61. The van der Waals surface area contributed by atoms with Crippen LogP contribution in [-0.4, -0.2) is 29.4 Å². The molecule has 186 valence electrons. The molecular formula is C27H26F3N3O2Si. The number of benzene rings is 3. The summed E-state index contributed by atoms with van der Waals surface area (Å²) in [5.74, 6) is -0.192. The van der Waals surface area contributed by atoms with Crippen LogP contribution in [0.3, 0.4) is 0 Å². The summed E-state index contributed by atoms with van der Waals surface area (Å²) < 4.78 is 52.9. The number of rotatable bonds is 4. The average molecular weight is 510 g/mol. The molecule has 5 rings (SSSR count). The number of alkyl halides is 3. The van der Waals surface area contributed by atoms with E-state index in [0.717, 1.165) is 38.4 Å². The molecule has 0 saturated carbocycles. The van der Waals surface area contributed by atoms with Crippen LogP contribution in [0.15, 0.2) is 72.8 Å². The summed E-state index contributed by atoms with van der Waals surface area (Å²) in [5.41, 5.74) is 3.73. The normalized spacial score (nSPS) is 15.2. The Morgan fingerprint density at radius 1 is 0.972 bits per heavy atom. The minimum atomic E-state index is -4.61. The Bertz CT molecular complexity index is 1350. The Hall–Kier alpha value is -3.43. The molecule has 4 aromatic rings. The smallest absolute Gasteiger partial charge is 0.451 e. The van der Waals surface area contributed by atoms with Gasteiger partial charge in [0.15, 0.2) is 5.82 Å². The summed E-state index contributed by atoms with van der Waals surface area (Å²) in [7, 11) is -2.08. The van der Waals surface area contributed by atoms with Crippen LogP contribution in [0.2, 0.25) is 19.1 Å². The van der Waals surface area contributed by atoms with Gasteiger partial charge < -0.3 is 9.47 Å². The lowest BCUT2D eigenvalue weighted by Gasteiger charge is -2.26. The van der Waals surface area contributed by atoms with E-state index in [1.165, 1.54) is 0 Å². The molecule has 9 heteroatoms. The number of fused-ring (bicyclic) bond motifs is 4. The van der Waals surface area contributed by atoms with Gasteiger partial charge in [0.1, 0.15) is 19.1 Å². The molecule has 0 fully saturated rings. The van der Waals surface area contributed by atoms with Crippen LogP contribution in [0.4, 0.5) is 13.2 Å². The molecule has 36 heavy (non-hydrogen) atoms. The van der Waals surface area contributed by atoms with Gasteiger partial charge in [0, 0.05) is 12.2 Å². The van der Waals surface area contributed by atoms with E-state index in [4.69, 9.17) is 9.47 Å². The first-order chi connectivity index (χ1) is 17.2. The SMILES string of the molecule is C[Si]1(C)CCOCn2nc(nc2C(F)(F)F)-c2ccc(-c3ccc(OCc4ccccc4)cc3)cc21. The topological polar surface area (TPSA) is 49.2 Å². The van der Waals surface area contributed by atoms with E-state index >= 15 is 0 Å². The molecule has 1 aliphatic rings. The Labute approximate surface area is 208 Å². The number of hydrogen-bond acceptors (Lipinski definition) is 4. The van der Waals surface area contributed by atoms with Crippen LogP contribution in [0.1, 0.15) is 11.4 Å². The third-order valence-electron chi connectivity index (χ3n) is 6.44. The molecule has 0 saturated heterocycles. The highest BCUT2D eigenvalue weighted by molar-refractivity contribution is 6.90. The number of nitrogens with zero attached hydrogens (tertiary/aromatic N) is 3. The van der Waals surface area contributed by atoms with Crippen LogP contribution in [0.5, 0.6) is 5.75 Å². The predicted octanol–water partition coefficient (Wildman–Crippen LogP) is 6.11. The summed E-state index contributed by atoms with van der Waals surface area (Å²) >= 11 is 0. The predicted molar refractivity (Wildman–Crippen MR) is 135 cm³/mol. The molecule has 1 aliphatic heterocycles. The fraction of sp³-hybridized carbons (Fsp3) is 0.259. The largest absolute Gasteiger partial charge is 0.489 e. The highest BCUT2D eigenvalue weighted by Gasteiger charge is 2.39. The van der Waals surface area contributed by atoms with Crippen molar-refractivity contribution < 1.29 is 22.6 Å². The molecule has 2 heterocycles. The summed E-state index contributed by atoms with van der Waals surface area (Å²) in [6.45, 7) is 4.98. The van der Waals surface area contributed by atoms with Crippen molar-refractivity contribution in [3.8, 4) is 28.3 Å². The van der Waals surface area contributed by atoms with Gasteiger partial charge >= 0.3 is 6.18 Å². The summed E-state index contributed by atoms with van der Waals surface area (Å²) in [4.78, 5) is 3.88. The third-order valence-corrected chi connectivity index (χ3v) is 9.76. The molecule has 0 radical (unpaired) electrons. The molecule has 0 atom stereocenters. The van der Waals surface area contributed by atoms with Crippen molar-refractivity contribution in [3.63, 3.8) is 0 Å². The lowest BCUT2D eigenvalue weighted by Crippen LogP contribution is -2.43. The second kappa shape index (κ2) is 9.55. The Morgan fingerprint density at radius 3 is 2.42 bits per heavy atom. The maximum atomic E-state index is 13.6. The van der Waals surface area contributed by atoms with E-state index in [1.807, 2.05) is 66.7 Å². The lowest BCUT2D eigenvalue weighted by molar-refractivity contribution is -0.150. The van der Waals surface area contributed by atoms with Crippen LogP contribution >= 0.6 is 0 Å². The van der Waals surface area contributed by atoms with Gasteiger partial charge in [-0.2, -0.15) is 13.2 Å². The second-order valence-corrected chi connectivity index (χ2v) is 14.3. The molecular weight excluding hydrogens is 483 g/mol. The molecule has 5 nitrogen and oxygen atoms in total. The minimum Gasteiger partial charge on any atom is -0.489 e. The first-order valence-electron chi connectivity index (χ1n) is 11.7. The quantitative estimate of drug-likeness (QED) is 0.311. The molecule has 2 bridgehead atoms. The van der Waals surface area contributed by atoms with Gasteiger partial charge in [-0.05, 0) is 40.1 Å². The summed E-state index contributed by atoms with van der Waals surface area (Å²) in [6, 6.07) is 24.4. The first kappa shape index (κ1) is 24.3. The van der Waals surface area contributed by atoms with Gasteiger partial charge in [-0.15, -0.1) is 5.10 Å². The third kappa shape index (κ3) is 5.07. The maximum absolute atomic E-state index is 13.6. The summed E-state index contributed by atoms with van der Waals surface area (Å²) in [5, 5.41) is 5.19. The molecule has 0 unspecified atom stereocenters. The van der Waals surface area contributed by atoms with Crippen molar-refractivity contribution in [2.45, 2.75) is 38.7 Å². The van der Waals surface area contributed by atoms with E-state index in [2.05, 4.69) is 29.2 Å². The van der Waals surface area contributed by atoms with Crippen LogP contribution < -0.4 is 9.92 Å². The molecule has 1 aromatic heterocycles. The van der Waals surface area contributed by atoms with E-state index < -0.39 is 20.1 Å². The van der Waals surface area contributed by atoms with Crippen molar-refractivity contribution in [2.24, 2.45) is 0 Å². The zero-order chi connectivity index (χ0) is 25.3. The van der Waals surface area contributed by atoms with Gasteiger partial charge in [-0.3, -0.25) is 0 Å². The zero-order valence-corrected chi connectivity index (χ0v) is 21.0. The highest BCUT2D eigenvalue weighted by atomic mass is 28.3. The second-order valence-electron chi connectivity index (χ2n) is 9.49. The molecule has 0 N–H and O–H groups in total. The van der Waals surface area contributed by atoms with Crippen molar-refractivity contribution in [1.29, 1.82) is 0 Å². The zero-order valence-electron chi connectivity index (χ0n) is 20.0. The minimum absolute atomic E-state index is 0.0830. The Morgan fingerprint density at radius 2 is 1.69 bits per heavy atom. The van der Waals surface area contributed by atoms with Crippen LogP contribution in [-0.2, 0) is 24.3 Å². The maximum Gasteiger partial charge on any atom is 0.451 e. The van der Waals surface area contributed by atoms with Gasteiger partial charge in [0.2, 0.25) is 5.82 Å². The van der Waals surface area contributed by atoms with Gasteiger partial charge in [0.25, 0.3) is 0 Å². The van der Waals surface area contributed by atoms with Crippen molar-refractivity contribution in [1.82, 2.24) is 14.8 Å². The molecule has 0 amide bonds. The van der Waals surface area contributed by atoms with Crippen LogP contribution in [0.25, 0.3) is 22.5 Å². The van der Waals surface area contributed by atoms with Crippen molar-refractivity contribution >= 4 is 13.3 Å². The van der Waals surface area contributed by atoms with Crippen LogP contribution in [0, 0.1) is 0 Å². The number of ether oxygens (including phenoxy) is 2. The highest BCUT2D eigenvalue weighted by Crippen LogP contribution is 2.32. The fourth-order valence-electron chi connectivity index (χ4n) is 4.33. The Balaban J connectivity index is 1.48. The fourth-order valence-corrected chi connectivity index (χ4v) is 6.73. The van der Waals surface area contributed by atoms with Gasteiger partial charge in [-0.1, -0.05) is 73.8 Å².